The van der Waals surface area contributed by atoms with Crippen LogP contribution in [-0.4, -0.2) is 33.1 Å². The van der Waals surface area contributed by atoms with Crippen molar-refractivity contribution in [1.29, 1.82) is 0 Å². The molecule has 8 nitrogen and oxygen atoms in total. The van der Waals surface area contributed by atoms with Crippen LogP contribution in [0.4, 0.5) is 18.2 Å². The van der Waals surface area contributed by atoms with Crippen LogP contribution in [0.5, 0.6) is 0 Å². The van der Waals surface area contributed by atoms with E-state index in [9.17, 15) is 22.8 Å². The van der Waals surface area contributed by atoms with Gasteiger partial charge < -0.3 is 14.5 Å². The normalized spacial score (nSPS) is 11.7. The van der Waals surface area contributed by atoms with Crippen molar-refractivity contribution in [3.05, 3.63) is 57.9 Å². The molecule has 0 unspecified atom stereocenters. The molecule has 172 valence electrons. The lowest BCUT2D eigenvalue weighted by atomic mass is 10.1. The molecule has 1 N–H and O–H groups in total. The van der Waals surface area contributed by atoms with E-state index < -0.39 is 23.7 Å². The second kappa shape index (κ2) is 8.35. The summed E-state index contributed by atoms with van der Waals surface area (Å²) in [6.45, 7) is 5.30. The zero-order valence-corrected chi connectivity index (χ0v) is 18.4. The molecule has 4 rings (SSSR count). The molecule has 0 aliphatic heterocycles. The summed E-state index contributed by atoms with van der Waals surface area (Å²) < 4.78 is 51.8. The van der Waals surface area contributed by atoms with Gasteiger partial charge in [0, 0.05) is 10.9 Å². The lowest BCUT2D eigenvalue weighted by molar-refractivity contribution is -0.142. The van der Waals surface area contributed by atoms with E-state index in [1.165, 1.54) is 18.4 Å². The van der Waals surface area contributed by atoms with Gasteiger partial charge in [0.05, 0.1) is 18.4 Å². The molecule has 4 aromatic rings. The van der Waals surface area contributed by atoms with Crippen LogP contribution in [0, 0.1) is 13.8 Å². The molecule has 0 spiro atoms. The van der Waals surface area contributed by atoms with Crippen LogP contribution in [0.2, 0.25) is 0 Å². The number of hydrogen-bond donors (Lipinski definition) is 1. The van der Waals surface area contributed by atoms with Gasteiger partial charge in [-0.15, -0.1) is 11.3 Å². The van der Waals surface area contributed by atoms with E-state index >= 15 is 0 Å². The fourth-order valence-electron chi connectivity index (χ4n) is 3.17. The van der Waals surface area contributed by atoms with Crippen LogP contribution < -0.4 is 5.32 Å². The number of fused-ring (bicyclic) bond motifs is 1. The monoisotopic (exact) mass is 478 g/mol. The zero-order chi connectivity index (χ0) is 23.9. The summed E-state index contributed by atoms with van der Waals surface area (Å²) in [5.74, 6) is -1.26. The number of hydrogen-bond acceptors (Lipinski definition) is 7. The van der Waals surface area contributed by atoms with Crippen LogP contribution in [0.15, 0.2) is 34.9 Å². The van der Waals surface area contributed by atoms with Gasteiger partial charge in [-0.1, -0.05) is 0 Å². The highest BCUT2D eigenvalue weighted by molar-refractivity contribution is 7.16. The number of nitrogens with one attached hydrogen (secondary N) is 1. The first-order valence-corrected chi connectivity index (χ1v) is 10.5. The van der Waals surface area contributed by atoms with E-state index in [2.05, 4.69) is 15.4 Å². The predicted molar refractivity (Wildman–Crippen MR) is 113 cm³/mol. The van der Waals surface area contributed by atoms with Crippen molar-refractivity contribution in [2.75, 3.05) is 11.9 Å². The number of carbonyl (C=O) groups is 2. The van der Waals surface area contributed by atoms with E-state index in [0.717, 1.165) is 28.3 Å². The topological polar surface area (TPSA) is 98.7 Å². The summed E-state index contributed by atoms with van der Waals surface area (Å²) in [5.41, 5.74) is -0.819. The Morgan fingerprint density at radius 2 is 2.03 bits per heavy atom. The number of esters is 1. The number of halogens is 3. The molecule has 1 amide bonds. The molecule has 0 bridgehead atoms. The summed E-state index contributed by atoms with van der Waals surface area (Å²) in [4.78, 5) is 30.1. The molecule has 33 heavy (non-hydrogen) atoms. The van der Waals surface area contributed by atoms with Crippen LogP contribution in [-0.2, 0) is 10.9 Å². The minimum absolute atomic E-state index is 0.0548. The van der Waals surface area contributed by atoms with Crippen LogP contribution in [0.1, 0.15) is 43.9 Å². The number of amides is 1. The third-order valence-electron chi connectivity index (χ3n) is 4.82. The van der Waals surface area contributed by atoms with Gasteiger partial charge in [0.25, 0.3) is 5.91 Å². The summed E-state index contributed by atoms with van der Waals surface area (Å²) >= 11 is 1.16. The Hall–Kier alpha value is -3.67. The molecule has 0 aliphatic carbocycles. The SMILES string of the molecule is CCOC(=O)c1c(NC(=O)c2cc3nc(-c4ccco4)cc(C(F)(F)F)n3n2)sc(C)c1C. The fraction of sp³-hybridized carbons (Fsp3) is 0.238. The minimum Gasteiger partial charge on any atom is -0.463 e. The second-order valence-corrected chi connectivity index (χ2v) is 8.19. The van der Waals surface area contributed by atoms with Crippen molar-refractivity contribution in [3.8, 4) is 11.5 Å². The Morgan fingerprint density at radius 3 is 2.67 bits per heavy atom. The average Bonchev–Trinajstić information content (AvgIpc) is 3.46. The maximum absolute atomic E-state index is 13.7. The summed E-state index contributed by atoms with van der Waals surface area (Å²) in [6.07, 6.45) is -3.45. The Bertz CT molecular complexity index is 1360. The maximum atomic E-state index is 13.7. The number of aromatic nitrogens is 3. The molecule has 0 aliphatic rings. The summed E-state index contributed by atoms with van der Waals surface area (Å²) in [5, 5.41) is 6.61. The van der Waals surface area contributed by atoms with Gasteiger partial charge in [-0.3, -0.25) is 4.79 Å². The zero-order valence-electron chi connectivity index (χ0n) is 17.6. The van der Waals surface area contributed by atoms with Crippen molar-refractivity contribution in [2.24, 2.45) is 0 Å². The number of furan rings is 1. The number of anilines is 1. The highest BCUT2D eigenvalue weighted by atomic mass is 32.1. The number of alkyl halides is 3. The number of carbonyl (C=O) groups excluding carboxylic acids is 2. The molecule has 0 radical (unpaired) electrons. The molecule has 0 fully saturated rings. The molecule has 0 atom stereocenters. The molecular formula is C21H17F3N4O4S. The maximum Gasteiger partial charge on any atom is 0.433 e. The Balaban J connectivity index is 1.75. The molecule has 12 heteroatoms. The lowest BCUT2D eigenvalue weighted by Gasteiger charge is -2.09. The first-order chi connectivity index (χ1) is 15.6. The molecular weight excluding hydrogens is 461 g/mol. The first-order valence-electron chi connectivity index (χ1n) is 9.70. The number of ether oxygens (including phenoxy) is 1. The molecule has 0 saturated heterocycles. The Morgan fingerprint density at radius 1 is 1.27 bits per heavy atom. The van der Waals surface area contributed by atoms with Crippen LogP contribution in [0.3, 0.4) is 0 Å². The van der Waals surface area contributed by atoms with E-state index in [1.807, 2.05) is 0 Å². The van der Waals surface area contributed by atoms with Gasteiger partial charge >= 0.3 is 12.1 Å². The summed E-state index contributed by atoms with van der Waals surface area (Å²) in [6, 6.07) is 4.93. The van der Waals surface area contributed by atoms with E-state index in [-0.39, 0.29) is 40.0 Å². The largest absolute Gasteiger partial charge is 0.463 e. The standard InChI is InChI=1S/C21H17F3N4O4S/c1-4-31-20(30)17-10(2)11(3)33-19(17)26-18(29)13-9-16-25-12(14-6-5-7-32-14)8-15(21(22,23)24)28(16)27-13/h5-9H,4H2,1-3H3,(H,26,29). The smallest absolute Gasteiger partial charge is 0.433 e. The highest BCUT2D eigenvalue weighted by Gasteiger charge is 2.36. The van der Waals surface area contributed by atoms with Crippen LogP contribution >= 0.6 is 11.3 Å². The van der Waals surface area contributed by atoms with Crippen LogP contribution in [0.25, 0.3) is 17.1 Å². The van der Waals surface area contributed by atoms with Crippen molar-refractivity contribution in [1.82, 2.24) is 14.6 Å². The minimum atomic E-state index is -4.76. The molecule has 4 aromatic heterocycles. The number of aryl methyl sites for hydroxylation is 1. The quantitative estimate of drug-likeness (QED) is 0.400. The highest BCUT2D eigenvalue weighted by Crippen LogP contribution is 2.34. The second-order valence-electron chi connectivity index (χ2n) is 6.96. The Labute approximate surface area is 189 Å². The van der Waals surface area contributed by atoms with Crippen molar-refractivity contribution >= 4 is 33.9 Å². The van der Waals surface area contributed by atoms with Gasteiger partial charge in [-0.05, 0) is 44.5 Å². The Kier molecular flexibility index (Phi) is 5.70. The van der Waals surface area contributed by atoms with Gasteiger partial charge in [0.2, 0.25) is 0 Å². The van der Waals surface area contributed by atoms with E-state index in [1.54, 1.807) is 20.8 Å². The lowest BCUT2D eigenvalue weighted by Crippen LogP contribution is -2.17. The van der Waals surface area contributed by atoms with Gasteiger partial charge in [0.1, 0.15) is 10.7 Å². The van der Waals surface area contributed by atoms with Gasteiger partial charge in [0.15, 0.2) is 22.8 Å². The number of nitrogens with zero attached hydrogens (tertiary/aromatic N) is 3. The number of rotatable bonds is 5. The molecule has 0 aromatic carbocycles. The fourth-order valence-corrected chi connectivity index (χ4v) is 4.21. The summed E-state index contributed by atoms with van der Waals surface area (Å²) in [7, 11) is 0. The van der Waals surface area contributed by atoms with Crippen molar-refractivity contribution in [3.63, 3.8) is 0 Å². The third-order valence-corrected chi connectivity index (χ3v) is 5.94. The van der Waals surface area contributed by atoms with Crippen molar-refractivity contribution < 1.29 is 31.9 Å². The van der Waals surface area contributed by atoms with Gasteiger partial charge in [-0.25, -0.2) is 14.3 Å². The first kappa shape index (κ1) is 22.5. The van der Waals surface area contributed by atoms with Crippen molar-refractivity contribution in [2.45, 2.75) is 26.9 Å². The van der Waals surface area contributed by atoms with E-state index in [0.29, 0.717) is 10.1 Å². The van der Waals surface area contributed by atoms with E-state index in [4.69, 9.17) is 9.15 Å². The third kappa shape index (κ3) is 4.21. The molecule has 4 heterocycles. The predicted octanol–water partition coefficient (Wildman–Crippen LogP) is 5.12. The van der Waals surface area contributed by atoms with Gasteiger partial charge in [-0.2, -0.15) is 18.3 Å². The number of thiophene rings is 1. The average molecular weight is 478 g/mol. The molecule has 0 saturated carbocycles.